The fraction of sp³-hybridized carbons (Fsp3) is 0.455. The summed E-state index contributed by atoms with van der Waals surface area (Å²) in [6.07, 6.45) is 1.37. The Labute approximate surface area is 166 Å². The van der Waals surface area contributed by atoms with E-state index in [1.165, 1.54) is 0 Å². The first-order chi connectivity index (χ1) is 13.4. The maximum atomic E-state index is 12.6. The molecule has 3 amide bonds. The Morgan fingerprint density at radius 3 is 2.46 bits per heavy atom. The van der Waals surface area contributed by atoms with E-state index >= 15 is 0 Å². The van der Waals surface area contributed by atoms with Gasteiger partial charge in [-0.3, -0.25) is 4.79 Å². The molecule has 1 aliphatic heterocycles. The van der Waals surface area contributed by atoms with Crippen LogP contribution >= 0.6 is 0 Å². The average Bonchev–Trinajstić information content (AvgIpc) is 3.05. The van der Waals surface area contributed by atoms with Crippen LogP contribution in [-0.2, 0) is 11.3 Å². The van der Waals surface area contributed by atoms with Crippen molar-refractivity contribution < 1.29 is 14.0 Å². The first-order valence-electron chi connectivity index (χ1n) is 9.88. The molecule has 0 radical (unpaired) electrons. The predicted octanol–water partition coefficient (Wildman–Crippen LogP) is 3.70. The van der Waals surface area contributed by atoms with E-state index in [0.717, 1.165) is 22.6 Å². The number of nitrogens with zero attached hydrogens (tertiary/aromatic N) is 1. The summed E-state index contributed by atoms with van der Waals surface area (Å²) in [5.74, 6) is 1.71. The minimum absolute atomic E-state index is 0.0380. The van der Waals surface area contributed by atoms with Crippen LogP contribution in [0.25, 0.3) is 0 Å². The quantitative estimate of drug-likeness (QED) is 0.827. The number of rotatable bonds is 5. The van der Waals surface area contributed by atoms with Crippen LogP contribution in [0.15, 0.2) is 40.8 Å². The Kier molecular flexibility index (Phi) is 6.39. The van der Waals surface area contributed by atoms with Crippen LogP contribution < -0.4 is 10.6 Å². The molecule has 1 unspecified atom stereocenters. The molecule has 0 saturated carbocycles. The molecule has 2 aromatic rings. The van der Waals surface area contributed by atoms with Gasteiger partial charge in [0.05, 0.1) is 6.04 Å². The third-order valence-corrected chi connectivity index (χ3v) is 5.35. The second-order valence-electron chi connectivity index (χ2n) is 7.50. The normalized spacial score (nSPS) is 15.9. The summed E-state index contributed by atoms with van der Waals surface area (Å²) in [5.41, 5.74) is 2.09. The summed E-state index contributed by atoms with van der Waals surface area (Å²) in [6, 6.07) is 11.6. The molecule has 150 valence electrons. The molecule has 1 aromatic heterocycles. The first-order valence-corrected chi connectivity index (χ1v) is 9.88. The van der Waals surface area contributed by atoms with E-state index in [1.54, 1.807) is 4.90 Å². The molecule has 0 bridgehead atoms. The number of nitrogens with one attached hydrogen (secondary N) is 2. The smallest absolute Gasteiger partial charge is 0.317 e. The highest BCUT2D eigenvalue weighted by Crippen LogP contribution is 2.22. The molecule has 0 aliphatic carbocycles. The van der Waals surface area contributed by atoms with Crippen molar-refractivity contribution >= 4 is 11.9 Å². The fourth-order valence-electron chi connectivity index (χ4n) is 3.71. The van der Waals surface area contributed by atoms with Gasteiger partial charge in [0.1, 0.15) is 11.5 Å². The number of furan rings is 1. The highest BCUT2D eigenvalue weighted by atomic mass is 16.3. The van der Waals surface area contributed by atoms with Gasteiger partial charge < -0.3 is 20.0 Å². The number of hydrogen-bond acceptors (Lipinski definition) is 3. The minimum Gasteiger partial charge on any atom is -0.466 e. The number of urea groups is 1. The summed E-state index contributed by atoms with van der Waals surface area (Å²) >= 11 is 0. The molecule has 3 rings (SSSR count). The number of carbonyl (C=O) groups is 2. The van der Waals surface area contributed by atoms with E-state index in [4.69, 9.17) is 4.42 Å². The van der Waals surface area contributed by atoms with Crippen LogP contribution in [0.5, 0.6) is 0 Å². The molecule has 6 heteroatoms. The van der Waals surface area contributed by atoms with Crippen LogP contribution in [0.2, 0.25) is 0 Å². The average molecular weight is 383 g/mol. The Balaban J connectivity index is 1.44. The Morgan fingerprint density at radius 2 is 1.86 bits per heavy atom. The summed E-state index contributed by atoms with van der Waals surface area (Å²) in [7, 11) is 0. The van der Waals surface area contributed by atoms with Gasteiger partial charge in [-0.25, -0.2) is 4.79 Å². The van der Waals surface area contributed by atoms with Crippen molar-refractivity contribution in [1.82, 2.24) is 15.5 Å². The van der Waals surface area contributed by atoms with Crippen LogP contribution in [0.3, 0.4) is 0 Å². The highest BCUT2D eigenvalue weighted by molar-refractivity contribution is 5.79. The van der Waals surface area contributed by atoms with Gasteiger partial charge in [0.25, 0.3) is 0 Å². The minimum atomic E-state index is -0.114. The van der Waals surface area contributed by atoms with Gasteiger partial charge >= 0.3 is 6.03 Å². The lowest BCUT2D eigenvalue weighted by Gasteiger charge is -2.32. The van der Waals surface area contributed by atoms with Crippen molar-refractivity contribution in [3.05, 3.63) is 59.0 Å². The zero-order valence-corrected chi connectivity index (χ0v) is 16.8. The fourth-order valence-corrected chi connectivity index (χ4v) is 3.71. The number of hydrogen-bond donors (Lipinski definition) is 2. The number of amides is 3. The van der Waals surface area contributed by atoms with Crippen LogP contribution in [-0.4, -0.2) is 29.9 Å². The number of benzene rings is 1. The van der Waals surface area contributed by atoms with Crippen LogP contribution in [0.4, 0.5) is 4.79 Å². The van der Waals surface area contributed by atoms with Gasteiger partial charge in [0.15, 0.2) is 0 Å². The van der Waals surface area contributed by atoms with E-state index in [9.17, 15) is 9.59 Å². The number of piperidine rings is 1. The third-order valence-electron chi connectivity index (χ3n) is 5.35. The van der Waals surface area contributed by atoms with Crippen molar-refractivity contribution in [2.45, 2.75) is 46.2 Å². The van der Waals surface area contributed by atoms with Crippen molar-refractivity contribution in [2.75, 3.05) is 13.1 Å². The summed E-state index contributed by atoms with van der Waals surface area (Å²) in [5, 5.41) is 6.04. The molecular weight excluding hydrogens is 354 g/mol. The lowest BCUT2D eigenvalue weighted by Crippen LogP contribution is -2.47. The number of aryl methyl sites for hydroxylation is 2. The molecule has 1 atom stereocenters. The van der Waals surface area contributed by atoms with E-state index in [1.807, 2.05) is 57.2 Å². The molecule has 1 fully saturated rings. The van der Waals surface area contributed by atoms with Gasteiger partial charge in [-0.05, 0) is 45.2 Å². The molecule has 1 saturated heterocycles. The van der Waals surface area contributed by atoms with Gasteiger partial charge in [-0.15, -0.1) is 0 Å². The molecule has 28 heavy (non-hydrogen) atoms. The van der Waals surface area contributed by atoms with E-state index < -0.39 is 0 Å². The summed E-state index contributed by atoms with van der Waals surface area (Å²) < 4.78 is 5.55. The highest BCUT2D eigenvalue weighted by Gasteiger charge is 2.28. The van der Waals surface area contributed by atoms with Gasteiger partial charge in [-0.1, -0.05) is 30.3 Å². The molecule has 0 spiro atoms. The van der Waals surface area contributed by atoms with Gasteiger partial charge in [-0.2, -0.15) is 0 Å². The molecule has 1 aliphatic rings. The molecule has 1 aromatic carbocycles. The largest absolute Gasteiger partial charge is 0.466 e. The topological polar surface area (TPSA) is 74.6 Å². The Hall–Kier alpha value is -2.76. The van der Waals surface area contributed by atoms with E-state index in [-0.39, 0.29) is 23.9 Å². The molecule has 6 nitrogen and oxygen atoms in total. The first kappa shape index (κ1) is 20.0. The van der Waals surface area contributed by atoms with E-state index in [2.05, 4.69) is 10.6 Å². The lowest BCUT2D eigenvalue weighted by atomic mass is 9.96. The zero-order valence-electron chi connectivity index (χ0n) is 16.8. The third kappa shape index (κ3) is 4.94. The van der Waals surface area contributed by atoms with Gasteiger partial charge in [0.2, 0.25) is 5.91 Å². The molecule has 2 N–H and O–H groups in total. The predicted molar refractivity (Wildman–Crippen MR) is 108 cm³/mol. The van der Waals surface area contributed by atoms with Crippen molar-refractivity contribution in [1.29, 1.82) is 0 Å². The Morgan fingerprint density at radius 1 is 1.18 bits per heavy atom. The number of likely N-dealkylation sites (tertiary alicyclic amines) is 1. The van der Waals surface area contributed by atoms with E-state index in [0.29, 0.717) is 32.5 Å². The summed E-state index contributed by atoms with van der Waals surface area (Å²) in [6.45, 7) is 7.49. The standard InChI is InChI=1S/C22H29N3O3/c1-15-13-20(17(3)28-15)16(2)24-22(27)25-11-9-19(10-12-25)21(26)23-14-18-7-5-4-6-8-18/h4-8,13,16,19H,9-12,14H2,1-3H3,(H,23,26)(H,24,27). The monoisotopic (exact) mass is 383 g/mol. The van der Waals surface area contributed by atoms with Crippen molar-refractivity contribution in [2.24, 2.45) is 5.92 Å². The maximum Gasteiger partial charge on any atom is 0.317 e. The summed E-state index contributed by atoms with van der Waals surface area (Å²) in [4.78, 5) is 26.8. The van der Waals surface area contributed by atoms with Crippen LogP contribution in [0.1, 0.15) is 48.5 Å². The van der Waals surface area contributed by atoms with Gasteiger partial charge in [0, 0.05) is 31.1 Å². The van der Waals surface area contributed by atoms with Crippen molar-refractivity contribution in [3.63, 3.8) is 0 Å². The second-order valence-corrected chi connectivity index (χ2v) is 7.50. The SMILES string of the molecule is Cc1cc(C(C)NC(=O)N2CCC(C(=O)NCc3ccccc3)CC2)c(C)o1. The number of carbonyl (C=O) groups excluding carboxylic acids is 2. The maximum absolute atomic E-state index is 12.6. The molecule has 2 heterocycles. The Bertz CT molecular complexity index is 808. The van der Waals surface area contributed by atoms with Crippen molar-refractivity contribution in [3.8, 4) is 0 Å². The molecular formula is C22H29N3O3. The second kappa shape index (κ2) is 8.95. The lowest BCUT2D eigenvalue weighted by molar-refractivity contribution is -0.126. The van der Waals surface area contributed by atoms with Crippen LogP contribution in [0, 0.1) is 19.8 Å². The zero-order chi connectivity index (χ0) is 20.1.